The van der Waals surface area contributed by atoms with Crippen molar-refractivity contribution < 1.29 is 9.47 Å². The first-order valence-corrected chi connectivity index (χ1v) is 5.26. The van der Waals surface area contributed by atoms with E-state index in [4.69, 9.17) is 9.47 Å². The zero-order valence-corrected chi connectivity index (χ0v) is 10.1. The highest BCUT2D eigenvalue weighted by Gasteiger charge is 2.09. The van der Waals surface area contributed by atoms with Crippen molar-refractivity contribution in [3.05, 3.63) is 36.0 Å². The summed E-state index contributed by atoms with van der Waals surface area (Å²) in [5.74, 6) is 1.48. The van der Waals surface area contributed by atoms with Crippen molar-refractivity contribution in [3.63, 3.8) is 0 Å². The minimum atomic E-state index is 0.726. The molecule has 0 aliphatic carbocycles. The second-order valence-corrected chi connectivity index (χ2v) is 3.68. The summed E-state index contributed by atoms with van der Waals surface area (Å²) in [4.78, 5) is 0. The number of rotatable bonds is 3. The van der Waals surface area contributed by atoms with Gasteiger partial charge in [0, 0.05) is 11.6 Å². The number of methoxy groups -OCH3 is 2. The normalized spacial score (nSPS) is 10.1. The lowest BCUT2D eigenvalue weighted by Gasteiger charge is -2.09. The molecule has 0 amide bonds. The molecular formula is C13H14N2O2. The highest BCUT2D eigenvalue weighted by Crippen LogP contribution is 2.31. The van der Waals surface area contributed by atoms with Crippen LogP contribution in [0.5, 0.6) is 11.5 Å². The molecule has 0 unspecified atom stereocenters. The van der Waals surface area contributed by atoms with E-state index in [1.165, 1.54) is 0 Å². The van der Waals surface area contributed by atoms with Crippen LogP contribution in [-0.2, 0) is 0 Å². The molecule has 0 radical (unpaired) electrons. The minimum Gasteiger partial charge on any atom is -0.497 e. The van der Waals surface area contributed by atoms with E-state index in [0.29, 0.717) is 0 Å². The number of nitrogens with zero attached hydrogens (tertiary/aromatic N) is 2. The predicted octanol–water partition coefficient (Wildman–Crippen LogP) is 2.47. The van der Waals surface area contributed by atoms with Gasteiger partial charge in [-0.1, -0.05) is 0 Å². The molecule has 0 bridgehead atoms. The van der Waals surface area contributed by atoms with E-state index >= 15 is 0 Å². The van der Waals surface area contributed by atoms with Gasteiger partial charge >= 0.3 is 0 Å². The third kappa shape index (κ3) is 2.36. The van der Waals surface area contributed by atoms with Crippen LogP contribution in [0.1, 0.15) is 5.56 Å². The summed E-state index contributed by atoms with van der Waals surface area (Å²) in [7, 11) is 3.25. The summed E-state index contributed by atoms with van der Waals surface area (Å²) in [6, 6.07) is 7.60. The van der Waals surface area contributed by atoms with Gasteiger partial charge in [0.25, 0.3) is 0 Å². The molecule has 0 atom stereocenters. The standard InChI is InChI=1S/C13H14N2O2/c1-9-6-12(15-14-8-9)11-5-4-10(16-2)7-13(11)17-3/h4-8H,1-3H3. The highest BCUT2D eigenvalue weighted by atomic mass is 16.5. The van der Waals surface area contributed by atoms with Crippen LogP contribution in [0, 0.1) is 6.92 Å². The van der Waals surface area contributed by atoms with Crippen molar-refractivity contribution >= 4 is 0 Å². The van der Waals surface area contributed by atoms with Gasteiger partial charge in [-0.25, -0.2) is 0 Å². The fourth-order valence-corrected chi connectivity index (χ4v) is 1.61. The van der Waals surface area contributed by atoms with Crippen LogP contribution in [0.25, 0.3) is 11.3 Å². The maximum atomic E-state index is 5.33. The van der Waals surface area contributed by atoms with E-state index in [0.717, 1.165) is 28.3 Å². The van der Waals surface area contributed by atoms with Crippen LogP contribution in [0.2, 0.25) is 0 Å². The SMILES string of the molecule is COc1ccc(-c2cc(C)cnn2)c(OC)c1. The van der Waals surface area contributed by atoms with E-state index in [1.807, 2.05) is 31.2 Å². The third-order valence-electron chi connectivity index (χ3n) is 2.48. The quantitative estimate of drug-likeness (QED) is 0.812. The molecule has 0 aliphatic heterocycles. The first kappa shape index (κ1) is 11.4. The Labute approximate surface area is 100 Å². The molecular weight excluding hydrogens is 216 g/mol. The molecule has 0 aliphatic rings. The molecule has 0 fully saturated rings. The Morgan fingerprint density at radius 1 is 1.06 bits per heavy atom. The fraction of sp³-hybridized carbons (Fsp3) is 0.231. The lowest BCUT2D eigenvalue weighted by Crippen LogP contribution is -1.93. The molecule has 1 aromatic heterocycles. The van der Waals surface area contributed by atoms with E-state index < -0.39 is 0 Å². The Morgan fingerprint density at radius 2 is 1.88 bits per heavy atom. The zero-order chi connectivity index (χ0) is 12.3. The van der Waals surface area contributed by atoms with Crippen molar-refractivity contribution in [1.82, 2.24) is 10.2 Å². The number of hydrogen-bond donors (Lipinski definition) is 0. The predicted molar refractivity (Wildman–Crippen MR) is 65.3 cm³/mol. The Bertz CT molecular complexity index is 527. The van der Waals surface area contributed by atoms with Gasteiger partial charge in [0.1, 0.15) is 11.5 Å². The summed E-state index contributed by atoms with van der Waals surface area (Å²) >= 11 is 0. The van der Waals surface area contributed by atoms with E-state index in [-0.39, 0.29) is 0 Å². The Balaban J connectivity index is 2.51. The van der Waals surface area contributed by atoms with Gasteiger partial charge < -0.3 is 9.47 Å². The van der Waals surface area contributed by atoms with Crippen LogP contribution in [0.15, 0.2) is 30.5 Å². The molecule has 1 aromatic carbocycles. The number of aryl methyl sites for hydroxylation is 1. The maximum Gasteiger partial charge on any atom is 0.132 e. The molecule has 0 saturated heterocycles. The summed E-state index contributed by atoms with van der Waals surface area (Å²) < 4.78 is 10.5. The van der Waals surface area contributed by atoms with Gasteiger partial charge in [-0.05, 0) is 30.7 Å². The highest BCUT2D eigenvalue weighted by molar-refractivity contribution is 5.68. The Morgan fingerprint density at radius 3 is 2.53 bits per heavy atom. The van der Waals surface area contributed by atoms with Crippen molar-refractivity contribution in [2.75, 3.05) is 14.2 Å². The van der Waals surface area contributed by atoms with Gasteiger partial charge in [0.2, 0.25) is 0 Å². The molecule has 2 rings (SSSR count). The summed E-state index contributed by atoms with van der Waals surface area (Å²) in [6.45, 7) is 1.98. The van der Waals surface area contributed by atoms with Crippen LogP contribution >= 0.6 is 0 Å². The van der Waals surface area contributed by atoms with E-state index in [9.17, 15) is 0 Å². The number of aromatic nitrogens is 2. The molecule has 88 valence electrons. The Kier molecular flexibility index (Phi) is 3.23. The lowest BCUT2D eigenvalue weighted by atomic mass is 10.1. The second-order valence-electron chi connectivity index (χ2n) is 3.68. The van der Waals surface area contributed by atoms with Gasteiger partial charge in [-0.2, -0.15) is 10.2 Å². The third-order valence-corrected chi connectivity index (χ3v) is 2.48. The molecule has 0 spiro atoms. The second kappa shape index (κ2) is 4.82. The topological polar surface area (TPSA) is 44.2 Å². The zero-order valence-electron chi connectivity index (χ0n) is 10.1. The summed E-state index contributed by atoms with van der Waals surface area (Å²) in [5, 5.41) is 8.04. The van der Waals surface area contributed by atoms with Gasteiger partial charge in [0.15, 0.2) is 0 Å². The van der Waals surface area contributed by atoms with Gasteiger partial charge in [-0.3, -0.25) is 0 Å². The van der Waals surface area contributed by atoms with Crippen molar-refractivity contribution in [2.24, 2.45) is 0 Å². The fourth-order valence-electron chi connectivity index (χ4n) is 1.61. The van der Waals surface area contributed by atoms with Crippen LogP contribution < -0.4 is 9.47 Å². The van der Waals surface area contributed by atoms with Crippen molar-refractivity contribution in [1.29, 1.82) is 0 Å². The first-order valence-electron chi connectivity index (χ1n) is 5.26. The maximum absolute atomic E-state index is 5.33. The minimum absolute atomic E-state index is 0.726. The molecule has 1 heterocycles. The smallest absolute Gasteiger partial charge is 0.132 e. The average molecular weight is 230 g/mol. The lowest BCUT2D eigenvalue weighted by molar-refractivity contribution is 0.395. The van der Waals surface area contributed by atoms with Crippen LogP contribution in [0.3, 0.4) is 0 Å². The summed E-state index contributed by atoms with van der Waals surface area (Å²) in [6.07, 6.45) is 1.72. The summed E-state index contributed by atoms with van der Waals surface area (Å²) in [5.41, 5.74) is 2.77. The largest absolute Gasteiger partial charge is 0.497 e. The van der Waals surface area contributed by atoms with Crippen LogP contribution in [-0.4, -0.2) is 24.4 Å². The average Bonchev–Trinajstić information content (AvgIpc) is 2.38. The van der Waals surface area contributed by atoms with Gasteiger partial charge in [0.05, 0.1) is 26.1 Å². The number of benzene rings is 1. The molecule has 0 saturated carbocycles. The monoisotopic (exact) mass is 230 g/mol. The van der Waals surface area contributed by atoms with E-state index in [2.05, 4.69) is 10.2 Å². The first-order chi connectivity index (χ1) is 8.24. The number of ether oxygens (including phenoxy) is 2. The Hall–Kier alpha value is -2.10. The van der Waals surface area contributed by atoms with Gasteiger partial charge in [-0.15, -0.1) is 0 Å². The molecule has 2 aromatic rings. The molecule has 17 heavy (non-hydrogen) atoms. The molecule has 0 N–H and O–H groups in total. The van der Waals surface area contributed by atoms with E-state index in [1.54, 1.807) is 20.4 Å². The number of hydrogen-bond acceptors (Lipinski definition) is 4. The van der Waals surface area contributed by atoms with Crippen molar-refractivity contribution in [3.8, 4) is 22.8 Å². The molecule has 4 nitrogen and oxygen atoms in total. The van der Waals surface area contributed by atoms with Crippen molar-refractivity contribution in [2.45, 2.75) is 6.92 Å². The van der Waals surface area contributed by atoms with Crippen LogP contribution in [0.4, 0.5) is 0 Å². The molecule has 4 heteroatoms.